The van der Waals surface area contributed by atoms with Crippen LogP contribution in [-0.2, 0) is 12.6 Å². The lowest BCUT2D eigenvalue weighted by Crippen LogP contribution is -2.41. The number of aromatic amines is 2. The summed E-state index contributed by atoms with van der Waals surface area (Å²) in [6, 6.07) is 0.912. The van der Waals surface area contributed by atoms with E-state index in [0.717, 1.165) is 5.69 Å². The van der Waals surface area contributed by atoms with E-state index in [1.54, 1.807) is 18.5 Å². The summed E-state index contributed by atoms with van der Waals surface area (Å²) in [5.41, 5.74) is 1.30. The molecule has 6 rings (SSSR count). The summed E-state index contributed by atoms with van der Waals surface area (Å²) in [5.74, 6) is -1.49. The molecular weight excluding hydrogens is 427 g/mol. The number of carbonyl (C=O) groups is 1. The van der Waals surface area contributed by atoms with Gasteiger partial charge in [0.05, 0.1) is 34.9 Å². The van der Waals surface area contributed by atoms with E-state index in [4.69, 9.17) is 4.42 Å². The van der Waals surface area contributed by atoms with Crippen molar-refractivity contribution < 1.29 is 22.4 Å². The van der Waals surface area contributed by atoms with Crippen LogP contribution in [0.4, 0.5) is 13.2 Å². The number of nitrogens with one attached hydrogen (secondary N) is 2. The van der Waals surface area contributed by atoms with Gasteiger partial charge in [-0.1, -0.05) is 0 Å². The number of nitrogens with zero attached hydrogens (tertiary/aromatic N) is 5. The molecule has 1 aliphatic heterocycles. The summed E-state index contributed by atoms with van der Waals surface area (Å²) in [4.78, 5) is 37.4. The summed E-state index contributed by atoms with van der Waals surface area (Å²) < 4.78 is 46.5. The fourth-order valence-corrected chi connectivity index (χ4v) is 4.10. The SMILES string of the molecule is O=C(c1oc(C2CC2)nc1C(F)(F)F)N1CCc2nc[nH]c2[C@H]1c1nc2ccncc2[nH]1. The third-order valence-electron chi connectivity index (χ3n) is 5.78. The lowest BCUT2D eigenvalue weighted by Gasteiger charge is -2.33. The molecule has 0 aromatic carbocycles. The van der Waals surface area contributed by atoms with Crippen LogP contribution in [0.25, 0.3) is 11.0 Å². The van der Waals surface area contributed by atoms with Gasteiger partial charge in [-0.25, -0.2) is 15.0 Å². The first-order valence-electron chi connectivity index (χ1n) is 10.1. The molecule has 1 fully saturated rings. The van der Waals surface area contributed by atoms with Crippen molar-refractivity contribution in [1.82, 2.24) is 34.8 Å². The van der Waals surface area contributed by atoms with Crippen molar-refractivity contribution in [2.45, 2.75) is 37.4 Å². The zero-order valence-electron chi connectivity index (χ0n) is 16.5. The number of fused-ring (bicyclic) bond motifs is 2. The Bertz CT molecular complexity index is 1300. The average molecular weight is 443 g/mol. The molecule has 164 valence electrons. The first-order valence-corrected chi connectivity index (χ1v) is 10.1. The lowest BCUT2D eigenvalue weighted by atomic mass is 10.0. The maximum Gasteiger partial charge on any atom is 0.437 e. The van der Waals surface area contributed by atoms with E-state index < -0.39 is 29.6 Å². The van der Waals surface area contributed by atoms with Gasteiger partial charge in [-0.3, -0.25) is 9.78 Å². The van der Waals surface area contributed by atoms with E-state index in [1.807, 2.05) is 0 Å². The summed E-state index contributed by atoms with van der Waals surface area (Å²) in [6.45, 7) is 0.146. The molecule has 1 amide bonds. The van der Waals surface area contributed by atoms with Gasteiger partial charge in [-0.2, -0.15) is 13.2 Å². The number of aromatic nitrogens is 6. The van der Waals surface area contributed by atoms with Gasteiger partial charge in [0, 0.05) is 25.1 Å². The molecule has 4 aromatic heterocycles. The van der Waals surface area contributed by atoms with Crippen molar-refractivity contribution in [3.63, 3.8) is 0 Å². The number of H-pyrrole nitrogens is 2. The Kier molecular flexibility index (Phi) is 3.95. The number of pyridine rings is 1. The molecule has 1 atom stereocenters. The molecule has 0 saturated heterocycles. The van der Waals surface area contributed by atoms with Crippen molar-refractivity contribution in [3.05, 3.63) is 59.3 Å². The number of halogens is 3. The second-order valence-corrected chi connectivity index (χ2v) is 7.93. The Morgan fingerprint density at radius 2 is 2.09 bits per heavy atom. The number of imidazole rings is 2. The highest BCUT2D eigenvalue weighted by molar-refractivity contribution is 5.93. The Hall–Kier alpha value is -3.70. The van der Waals surface area contributed by atoms with E-state index in [1.165, 1.54) is 11.2 Å². The molecular formula is C20H16F3N7O2. The number of amides is 1. The quantitative estimate of drug-likeness (QED) is 0.502. The van der Waals surface area contributed by atoms with Crippen LogP contribution in [0.15, 0.2) is 29.2 Å². The van der Waals surface area contributed by atoms with Crippen molar-refractivity contribution in [3.8, 4) is 0 Å². The molecule has 2 aliphatic rings. The van der Waals surface area contributed by atoms with Crippen LogP contribution >= 0.6 is 0 Å². The van der Waals surface area contributed by atoms with Crippen LogP contribution < -0.4 is 0 Å². The topological polar surface area (TPSA) is 117 Å². The van der Waals surface area contributed by atoms with Gasteiger partial charge in [-0.15, -0.1) is 0 Å². The highest BCUT2D eigenvalue weighted by Gasteiger charge is 2.46. The molecule has 0 unspecified atom stereocenters. The lowest BCUT2D eigenvalue weighted by molar-refractivity contribution is -0.141. The second kappa shape index (κ2) is 6.65. The number of hydrogen-bond acceptors (Lipinski definition) is 6. The smallest absolute Gasteiger partial charge is 0.435 e. The van der Waals surface area contributed by atoms with E-state index in [2.05, 4.69) is 29.9 Å². The first kappa shape index (κ1) is 19.0. The Morgan fingerprint density at radius 3 is 2.84 bits per heavy atom. The molecule has 1 aliphatic carbocycles. The summed E-state index contributed by atoms with van der Waals surface area (Å²) in [7, 11) is 0. The number of oxazole rings is 1. The zero-order valence-corrected chi connectivity index (χ0v) is 16.5. The zero-order chi connectivity index (χ0) is 22.0. The molecule has 0 bridgehead atoms. The van der Waals surface area contributed by atoms with Crippen LogP contribution in [0.3, 0.4) is 0 Å². The maximum atomic E-state index is 13.7. The van der Waals surface area contributed by atoms with Crippen LogP contribution in [0.5, 0.6) is 0 Å². The van der Waals surface area contributed by atoms with E-state index in [0.29, 0.717) is 41.8 Å². The molecule has 2 N–H and O–H groups in total. The highest BCUT2D eigenvalue weighted by Crippen LogP contribution is 2.43. The first-order chi connectivity index (χ1) is 15.4. The fraction of sp³-hybridized carbons (Fsp3) is 0.350. The number of rotatable bonds is 3. The Morgan fingerprint density at radius 1 is 1.25 bits per heavy atom. The van der Waals surface area contributed by atoms with Crippen molar-refractivity contribution in [1.29, 1.82) is 0 Å². The number of alkyl halides is 3. The average Bonchev–Trinajstić information content (AvgIpc) is 3.18. The molecule has 0 radical (unpaired) electrons. The van der Waals surface area contributed by atoms with Gasteiger partial charge in [-0.05, 0) is 18.9 Å². The summed E-state index contributed by atoms with van der Waals surface area (Å²) in [6.07, 6.45) is 1.64. The third-order valence-corrected chi connectivity index (χ3v) is 5.78. The van der Waals surface area contributed by atoms with Gasteiger partial charge < -0.3 is 19.3 Å². The van der Waals surface area contributed by atoms with Crippen LogP contribution in [0.1, 0.15) is 64.2 Å². The van der Waals surface area contributed by atoms with Crippen LogP contribution in [0, 0.1) is 0 Å². The van der Waals surface area contributed by atoms with E-state index in [9.17, 15) is 18.0 Å². The van der Waals surface area contributed by atoms with Gasteiger partial charge >= 0.3 is 6.18 Å². The summed E-state index contributed by atoms with van der Waals surface area (Å²) in [5, 5.41) is 0. The molecule has 32 heavy (non-hydrogen) atoms. The number of carbonyl (C=O) groups excluding carboxylic acids is 1. The maximum absolute atomic E-state index is 13.7. The van der Waals surface area contributed by atoms with Gasteiger partial charge in [0.25, 0.3) is 5.91 Å². The molecule has 4 aromatic rings. The minimum atomic E-state index is -4.81. The molecule has 0 spiro atoms. The monoisotopic (exact) mass is 443 g/mol. The van der Waals surface area contributed by atoms with Crippen LogP contribution in [0.2, 0.25) is 0 Å². The third kappa shape index (κ3) is 2.97. The normalized spacial score (nSPS) is 18.8. The Labute approximate surface area is 178 Å². The summed E-state index contributed by atoms with van der Waals surface area (Å²) >= 11 is 0. The predicted octanol–water partition coefficient (Wildman–Crippen LogP) is 3.35. The minimum Gasteiger partial charge on any atom is -0.435 e. The van der Waals surface area contributed by atoms with Crippen molar-refractivity contribution in [2.24, 2.45) is 0 Å². The second-order valence-electron chi connectivity index (χ2n) is 7.93. The van der Waals surface area contributed by atoms with Crippen molar-refractivity contribution in [2.75, 3.05) is 6.54 Å². The Balaban J connectivity index is 1.46. The molecule has 1 saturated carbocycles. The minimum absolute atomic E-state index is 0.0359. The van der Waals surface area contributed by atoms with Crippen LogP contribution in [-0.4, -0.2) is 47.3 Å². The highest BCUT2D eigenvalue weighted by atomic mass is 19.4. The fourth-order valence-electron chi connectivity index (χ4n) is 4.10. The molecule has 5 heterocycles. The van der Waals surface area contributed by atoms with E-state index in [-0.39, 0.29) is 18.4 Å². The standard InChI is InChI=1S/C20H16F3N7O2/c21-20(22,23)16-15(32-18(29-16)9-1-2-9)19(31)30-6-4-11-13(26-8-25-11)14(30)17-27-10-3-5-24-7-12(10)28-17/h3,5,7-9,14H,1-2,4,6H2,(H,25,26)(H,27,28)/t14-/m0/s1. The molecule has 9 nitrogen and oxygen atoms in total. The van der Waals surface area contributed by atoms with Gasteiger partial charge in [0.1, 0.15) is 11.9 Å². The van der Waals surface area contributed by atoms with Gasteiger partial charge in [0.2, 0.25) is 5.76 Å². The largest absolute Gasteiger partial charge is 0.437 e. The molecule has 12 heteroatoms. The van der Waals surface area contributed by atoms with E-state index >= 15 is 0 Å². The predicted molar refractivity (Wildman–Crippen MR) is 103 cm³/mol. The number of hydrogen-bond donors (Lipinski definition) is 2. The van der Waals surface area contributed by atoms with Gasteiger partial charge in [0.15, 0.2) is 11.6 Å². The van der Waals surface area contributed by atoms with Crippen molar-refractivity contribution >= 4 is 16.9 Å².